The van der Waals surface area contributed by atoms with E-state index in [2.05, 4.69) is 12.2 Å². The highest BCUT2D eigenvalue weighted by Crippen LogP contribution is 2.04. The number of hydrogen-bond acceptors (Lipinski definition) is 2. The van der Waals surface area contributed by atoms with Crippen LogP contribution in [0.1, 0.15) is 45.4 Å². The zero-order chi connectivity index (χ0) is 9.94. The van der Waals surface area contributed by atoms with Crippen LogP contribution in [-0.4, -0.2) is 24.2 Å². The first-order valence-corrected chi connectivity index (χ1v) is 5.20. The zero-order valence-corrected chi connectivity index (χ0v) is 8.51. The van der Waals surface area contributed by atoms with Crippen LogP contribution in [0.25, 0.3) is 0 Å². The monoisotopic (exact) mass is 187 g/mol. The van der Waals surface area contributed by atoms with E-state index >= 15 is 0 Å². The molecule has 3 nitrogen and oxygen atoms in total. The number of carboxylic acid groups (broad SMARTS) is 1. The largest absolute Gasteiger partial charge is 0.481 e. The third kappa shape index (κ3) is 11.4. The third-order valence-electron chi connectivity index (χ3n) is 1.99. The molecule has 0 aromatic heterocycles. The number of carbonyl (C=O) groups is 1. The van der Waals surface area contributed by atoms with Gasteiger partial charge in [0.05, 0.1) is 0 Å². The van der Waals surface area contributed by atoms with Gasteiger partial charge >= 0.3 is 5.97 Å². The fraction of sp³-hybridized carbons (Fsp3) is 0.900. The molecule has 0 amide bonds. The van der Waals surface area contributed by atoms with E-state index in [9.17, 15) is 4.79 Å². The second kappa shape index (κ2) is 9.52. The lowest BCUT2D eigenvalue weighted by atomic mass is 10.1. The minimum atomic E-state index is -0.673. The summed E-state index contributed by atoms with van der Waals surface area (Å²) in [6.45, 7) is 4.24. The minimum absolute atomic E-state index is 0.327. The molecule has 0 aromatic rings. The number of hydrogen-bond donors (Lipinski definition) is 2. The Kier molecular flexibility index (Phi) is 9.10. The van der Waals surface area contributed by atoms with Gasteiger partial charge in [-0.1, -0.05) is 26.2 Å². The molecule has 0 aliphatic carbocycles. The van der Waals surface area contributed by atoms with Gasteiger partial charge in [-0.2, -0.15) is 0 Å². The van der Waals surface area contributed by atoms with Crippen molar-refractivity contribution in [2.24, 2.45) is 0 Å². The average molecular weight is 187 g/mol. The molecule has 0 bridgehead atoms. The molecule has 0 heterocycles. The normalized spacial score (nSPS) is 10.2. The summed E-state index contributed by atoms with van der Waals surface area (Å²) >= 11 is 0. The van der Waals surface area contributed by atoms with Crippen LogP contribution in [-0.2, 0) is 4.79 Å². The van der Waals surface area contributed by atoms with Gasteiger partial charge in [-0.05, 0) is 25.9 Å². The maximum absolute atomic E-state index is 10.2. The lowest BCUT2D eigenvalue weighted by molar-refractivity contribution is -0.137. The standard InChI is InChI=1S/C10H21NO2/c1-2-11-9-7-5-3-4-6-8-10(12)13/h11H,2-9H2,1H3,(H,12,13). The van der Waals surface area contributed by atoms with E-state index in [1.54, 1.807) is 0 Å². The smallest absolute Gasteiger partial charge is 0.303 e. The van der Waals surface area contributed by atoms with Crippen LogP contribution in [0.5, 0.6) is 0 Å². The van der Waals surface area contributed by atoms with Crippen LogP contribution in [0, 0.1) is 0 Å². The van der Waals surface area contributed by atoms with Crippen LogP contribution >= 0.6 is 0 Å². The summed E-state index contributed by atoms with van der Waals surface area (Å²) < 4.78 is 0. The third-order valence-corrected chi connectivity index (χ3v) is 1.99. The molecule has 3 heteroatoms. The number of carboxylic acids is 1. The summed E-state index contributed by atoms with van der Waals surface area (Å²) in [6.07, 6.45) is 5.80. The highest BCUT2D eigenvalue weighted by molar-refractivity contribution is 5.66. The van der Waals surface area contributed by atoms with Crippen molar-refractivity contribution in [2.75, 3.05) is 13.1 Å². The number of rotatable bonds is 9. The zero-order valence-electron chi connectivity index (χ0n) is 8.51. The summed E-state index contributed by atoms with van der Waals surface area (Å²) in [5.41, 5.74) is 0. The van der Waals surface area contributed by atoms with Crippen molar-refractivity contribution in [3.63, 3.8) is 0 Å². The van der Waals surface area contributed by atoms with Gasteiger partial charge in [0.1, 0.15) is 0 Å². The Labute approximate surface area is 80.5 Å². The summed E-state index contributed by atoms with van der Waals surface area (Å²) in [5, 5.41) is 11.6. The quantitative estimate of drug-likeness (QED) is 0.543. The molecule has 0 aliphatic rings. The Morgan fingerprint density at radius 2 is 1.77 bits per heavy atom. The van der Waals surface area contributed by atoms with E-state index in [-0.39, 0.29) is 0 Å². The number of nitrogens with one attached hydrogen (secondary N) is 1. The molecule has 0 saturated heterocycles. The second-order valence-electron chi connectivity index (χ2n) is 3.27. The van der Waals surface area contributed by atoms with E-state index in [0.717, 1.165) is 25.9 Å². The van der Waals surface area contributed by atoms with Crippen LogP contribution in [0.3, 0.4) is 0 Å². The summed E-state index contributed by atoms with van der Waals surface area (Å²) in [6, 6.07) is 0. The molecule has 0 aliphatic heterocycles. The SMILES string of the molecule is CCNCCCCCCCC(=O)O. The van der Waals surface area contributed by atoms with Gasteiger partial charge in [0, 0.05) is 6.42 Å². The molecule has 0 unspecified atom stereocenters. The molecule has 0 fully saturated rings. The summed E-state index contributed by atoms with van der Waals surface area (Å²) in [5.74, 6) is -0.673. The van der Waals surface area contributed by atoms with Gasteiger partial charge in [0.25, 0.3) is 0 Å². The lowest BCUT2D eigenvalue weighted by Crippen LogP contribution is -2.13. The lowest BCUT2D eigenvalue weighted by Gasteiger charge is -2.01. The summed E-state index contributed by atoms with van der Waals surface area (Å²) in [4.78, 5) is 10.2. The highest BCUT2D eigenvalue weighted by atomic mass is 16.4. The van der Waals surface area contributed by atoms with E-state index < -0.39 is 5.97 Å². The van der Waals surface area contributed by atoms with Crippen molar-refractivity contribution in [3.05, 3.63) is 0 Å². The maximum Gasteiger partial charge on any atom is 0.303 e. The average Bonchev–Trinajstić information content (AvgIpc) is 2.09. The van der Waals surface area contributed by atoms with Gasteiger partial charge in [-0.3, -0.25) is 4.79 Å². The van der Waals surface area contributed by atoms with Crippen molar-refractivity contribution in [3.8, 4) is 0 Å². The fourth-order valence-electron chi connectivity index (χ4n) is 1.23. The van der Waals surface area contributed by atoms with E-state index in [1.807, 2.05) is 0 Å². The molecule has 0 atom stereocenters. The number of aliphatic carboxylic acids is 1. The van der Waals surface area contributed by atoms with Crippen LogP contribution < -0.4 is 5.32 Å². The molecule has 0 rings (SSSR count). The highest BCUT2D eigenvalue weighted by Gasteiger charge is 1.95. The molecule has 13 heavy (non-hydrogen) atoms. The molecule has 0 radical (unpaired) electrons. The summed E-state index contributed by atoms with van der Waals surface area (Å²) in [7, 11) is 0. The van der Waals surface area contributed by atoms with Gasteiger partial charge in [-0.25, -0.2) is 0 Å². The maximum atomic E-state index is 10.2. The minimum Gasteiger partial charge on any atom is -0.481 e. The molecular weight excluding hydrogens is 166 g/mol. The second-order valence-corrected chi connectivity index (χ2v) is 3.27. The number of unbranched alkanes of at least 4 members (excludes halogenated alkanes) is 4. The van der Waals surface area contributed by atoms with Gasteiger partial charge in [0.15, 0.2) is 0 Å². The molecule has 78 valence electrons. The van der Waals surface area contributed by atoms with Crippen molar-refractivity contribution < 1.29 is 9.90 Å². The Morgan fingerprint density at radius 1 is 1.15 bits per heavy atom. The Balaban J connectivity index is 2.87. The van der Waals surface area contributed by atoms with Crippen LogP contribution in [0.4, 0.5) is 0 Å². The Bertz CT molecular complexity index is 126. The predicted molar refractivity (Wildman–Crippen MR) is 53.9 cm³/mol. The first-order chi connectivity index (χ1) is 6.27. The first-order valence-electron chi connectivity index (χ1n) is 5.20. The van der Waals surface area contributed by atoms with Crippen molar-refractivity contribution in [1.82, 2.24) is 5.32 Å². The molecule has 0 saturated carbocycles. The Morgan fingerprint density at radius 3 is 2.38 bits per heavy atom. The molecular formula is C10H21NO2. The van der Waals surface area contributed by atoms with Crippen molar-refractivity contribution in [1.29, 1.82) is 0 Å². The van der Waals surface area contributed by atoms with Crippen molar-refractivity contribution >= 4 is 5.97 Å². The van der Waals surface area contributed by atoms with E-state index in [1.165, 1.54) is 19.3 Å². The molecule has 0 aromatic carbocycles. The van der Waals surface area contributed by atoms with E-state index in [0.29, 0.717) is 6.42 Å². The van der Waals surface area contributed by atoms with Crippen molar-refractivity contribution in [2.45, 2.75) is 45.4 Å². The van der Waals surface area contributed by atoms with E-state index in [4.69, 9.17) is 5.11 Å². The van der Waals surface area contributed by atoms with Gasteiger partial charge < -0.3 is 10.4 Å². The van der Waals surface area contributed by atoms with Gasteiger partial charge in [-0.15, -0.1) is 0 Å². The topological polar surface area (TPSA) is 49.3 Å². The molecule has 0 spiro atoms. The Hall–Kier alpha value is -0.570. The van der Waals surface area contributed by atoms with Crippen LogP contribution in [0.15, 0.2) is 0 Å². The first kappa shape index (κ1) is 12.4. The molecule has 2 N–H and O–H groups in total. The predicted octanol–water partition coefficient (Wildman–Crippen LogP) is 2.02. The van der Waals surface area contributed by atoms with Gasteiger partial charge in [0.2, 0.25) is 0 Å². The fourth-order valence-corrected chi connectivity index (χ4v) is 1.23. The van der Waals surface area contributed by atoms with Crippen LogP contribution in [0.2, 0.25) is 0 Å².